The van der Waals surface area contributed by atoms with Crippen LogP contribution in [0.2, 0.25) is 0 Å². The van der Waals surface area contributed by atoms with Gasteiger partial charge >= 0.3 is 5.69 Å². The fourth-order valence-corrected chi connectivity index (χ4v) is 2.51. The molecule has 1 atom stereocenters. The van der Waals surface area contributed by atoms with E-state index in [1.54, 1.807) is 0 Å². The maximum absolute atomic E-state index is 11.4. The van der Waals surface area contributed by atoms with E-state index < -0.39 is 0 Å². The van der Waals surface area contributed by atoms with Gasteiger partial charge in [0, 0.05) is 25.7 Å². The van der Waals surface area contributed by atoms with Crippen LogP contribution in [0.4, 0.5) is 5.82 Å². The van der Waals surface area contributed by atoms with Crippen LogP contribution in [0.3, 0.4) is 0 Å². The molecule has 0 aromatic carbocycles. The first kappa shape index (κ1) is 12.2. The predicted octanol–water partition coefficient (Wildman–Crippen LogP) is -0.00410. The Bertz CT molecular complexity index is 612. The normalized spacial score (nSPS) is 19.7. The molecule has 3 rings (SSSR count). The average molecular weight is 262 g/mol. The molecule has 0 radical (unpaired) electrons. The Balaban J connectivity index is 1.76. The summed E-state index contributed by atoms with van der Waals surface area (Å²) in [6.45, 7) is 2.01. The number of H-pyrrole nitrogens is 1. The number of fused-ring (bicyclic) bond motifs is 1. The molecule has 1 unspecified atom stereocenters. The van der Waals surface area contributed by atoms with E-state index in [0.29, 0.717) is 11.7 Å². The third kappa shape index (κ3) is 2.46. The van der Waals surface area contributed by atoms with Crippen molar-refractivity contribution in [2.75, 3.05) is 25.0 Å². The van der Waals surface area contributed by atoms with Crippen molar-refractivity contribution in [3.8, 4) is 0 Å². The molecule has 0 aliphatic carbocycles. The first-order valence-corrected chi connectivity index (χ1v) is 6.61. The molecule has 7 heteroatoms. The van der Waals surface area contributed by atoms with Crippen molar-refractivity contribution in [3.63, 3.8) is 0 Å². The molecule has 7 nitrogen and oxygen atoms in total. The molecule has 0 amide bonds. The van der Waals surface area contributed by atoms with Crippen LogP contribution >= 0.6 is 0 Å². The van der Waals surface area contributed by atoms with Gasteiger partial charge in [0.15, 0.2) is 5.65 Å². The molecule has 1 aliphatic rings. The van der Waals surface area contributed by atoms with Gasteiger partial charge in [-0.15, -0.1) is 0 Å². The van der Waals surface area contributed by atoms with Gasteiger partial charge in [0.25, 0.3) is 0 Å². The summed E-state index contributed by atoms with van der Waals surface area (Å²) in [6.07, 6.45) is 5.27. The number of aromatic amines is 1. The Hall–Kier alpha value is -1.89. The Morgan fingerprint density at radius 3 is 3.21 bits per heavy atom. The third-order valence-electron chi connectivity index (χ3n) is 3.59. The number of likely N-dealkylation sites (N-methyl/N-ethyl adjacent to an activating group) is 1. The summed E-state index contributed by atoms with van der Waals surface area (Å²) in [6, 6.07) is 2.33. The summed E-state index contributed by atoms with van der Waals surface area (Å²) >= 11 is 0. The van der Waals surface area contributed by atoms with Crippen LogP contribution in [-0.2, 0) is 0 Å². The topological polar surface area (TPSA) is 78.3 Å². The second-order valence-electron chi connectivity index (χ2n) is 5.03. The van der Waals surface area contributed by atoms with E-state index in [9.17, 15) is 4.79 Å². The van der Waals surface area contributed by atoms with Crippen LogP contribution in [0, 0.1) is 0 Å². The highest BCUT2D eigenvalue weighted by molar-refractivity contribution is 5.49. The number of nitrogens with one attached hydrogen (secondary N) is 2. The molecule has 1 fully saturated rings. The van der Waals surface area contributed by atoms with Crippen LogP contribution in [0.25, 0.3) is 5.65 Å². The lowest BCUT2D eigenvalue weighted by atomic mass is 10.0. The Kier molecular flexibility index (Phi) is 3.20. The van der Waals surface area contributed by atoms with E-state index in [-0.39, 0.29) is 5.69 Å². The van der Waals surface area contributed by atoms with Gasteiger partial charge in [-0.05, 0) is 19.4 Å². The van der Waals surface area contributed by atoms with Crippen molar-refractivity contribution in [1.82, 2.24) is 24.9 Å². The molecule has 3 heterocycles. The highest BCUT2D eigenvalue weighted by Gasteiger charge is 2.15. The summed E-state index contributed by atoms with van der Waals surface area (Å²) in [7, 11) is 2.01. The van der Waals surface area contributed by atoms with Crippen LogP contribution in [0.15, 0.2) is 17.2 Å². The van der Waals surface area contributed by atoms with Crippen molar-refractivity contribution in [2.24, 2.45) is 0 Å². The molecule has 2 aromatic heterocycles. The third-order valence-corrected chi connectivity index (χ3v) is 3.59. The molecule has 2 N–H and O–H groups in total. The SMILES string of the molecule is CN(CC1CCCCN1)c1cc2n[nH]c(=O)n2cn1. The second-order valence-corrected chi connectivity index (χ2v) is 5.03. The van der Waals surface area contributed by atoms with Gasteiger partial charge in [0.2, 0.25) is 0 Å². The highest BCUT2D eigenvalue weighted by Crippen LogP contribution is 2.13. The molecule has 1 aliphatic heterocycles. The van der Waals surface area contributed by atoms with Crippen molar-refractivity contribution >= 4 is 11.5 Å². The smallest absolute Gasteiger partial charge is 0.348 e. The Morgan fingerprint density at radius 1 is 1.53 bits per heavy atom. The maximum Gasteiger partial charge on any atom is 0.348 e. The summed E-state index contributed by atoms with van der Waals surface area (Å²) < 4.78 is 1.40. The van der Waals surface area contributed by atoms with E-state index >= 15 is 0 Å². The molecule has 1 saturated heterocycles. The molecule has 0 spiro atoms. The van der Waals surface area contributed by atoms with Gasteiger partial charge in [-0.3, -0.25) is 0 Å². The van der Waals surface area contributed by atoms with Crippen LogP contribution in [0.1, 0.15) is 19.3 Å². The highest BCUT2D eigenvalue weighted by atomic mass is 16.1. The van der Waals surface area contributed by atoms with Gasteiger partial charge in [0.1, 0.15) is 12.1 Å². The minimum Gasteiger partial charge on any atom is -0.358 e. The van der Waals surface area contributed by atoms with E-state index in [1.807, 2.05) is 13.1 Å². The molecule has 2 aromatic rings. The van der Waals surface area contributed by atoms with E-state index in [0.717, 1.165) is 18.9 Å². The lowest BCUT2D eigenvalue weighted by Crippen LogP contribution is -2.42. The number of anilines is 1. The van der Waals surface area contributed by atoms with Crippen molar-refractivity contribution < 1.29 is 0 Å². The van der Waals surface area contributed by atoms with E-state index in [2.05, 4.69) is 25.4 Å². The number of aromatic nitrogens is 4. The second kappa shape index (κ2) is 5.00. The van der Waals surface area contributed by atoms with Crippen LogP contribution in [-0.4, -0.2) is 45.8 Å². The van der Waals surface area contributed by atoms with Crippen molar-refractivity contribution in [3.05, 3.63) is 22.9 Å². The molecule has 0 bridgehead atoms. The Morgan fingerprint density at radius 2 is 2.42 bits per heavy atom. The molecular formula is C12H18N6O. The van der Waals surface area contributed by atoms with Crippen LogP contribution < -0.4 is 15.9 Å². The predicted molar refractivity (Wildman–Crippen MR) is 72.5 cm³/mol. The van der Waals surface area contributed by atoms with E-state index in [4.69, 9.17) is 0 Å². The number of hydrogen-bond acceptors (Lipinski definition) is 5. The van der Waals surface area contributed by atoms with Crippen molar-refractivity contribution in [1.29, 1.82) is 0 Å². The fraction of sp³-hybridized carbons (Fsp3) is 0.583. The number of piperidine rings is 1. The van der Waals surface area contributed by atoms with Crippen molar-refractivity contribution in [2.45, 2.75) is 25.3 Å². The standard InChI is InChI=1S/C12H18N6O/c1-17(7-9-4-2-3-5-13-9)10-6-11-15-16-12(19)18(11)8-14-10/h6,8-9,13H,2-5,7H2,1H3,(H,16,19). The quantitative estimate of drug-likeness (QED) is 0.814. The fourth-order valence-electron chi connectivity index (χ4n) is 2.51. The first-order chi connectivity index (χ1) is 9.24. The monoisotopic (exact) mass is 262 g/mol. The molecule has 19 heavy (non-hydrogen) atoms. The molecule has 102 valence electrons. The summed E-state index contributed by atoms with van der Waals surface area (Å²) in [4.78, 5) is 17.8. The zero-order valence-electron chi connectivity index (χ0n) is 11.0. The molecular weight excluding hydrogens is 244 g/mol. The van der Waals surface area contributed by atoms with Gasteiger partial charge in [-0.25, -0.2) is 19.3 Å². The lowest BCUT2D eigenvalue weighted by Gasteiger charge is -2.28. The maximum atomic E-state index is 11.4. The largest absolute Gasteiger partial charge is 0.358 e. The summed E-state index contributed by atoms with van der Waals surface area (Å²) in [5.41, 5.74) is 0.337. The first-order valence-electron chi connectivity index (χ1n) is 6.61. The van der Waals surface area contributed by atoms with Gasteiger partial charge in [-0.1, -0.05) is 6.42 Å². The lowest BCUT2D eigenvalue weighted by molar-refractivity contribution is 0.403. The average Bonchev–Trinajstić information content (AvgIpc) is 2.81. The minimum atomic E-state index is -0.259. The minimum absolute atomic E-state index is 0.259. The van der Waals surface area contributed by atoms with Gasteiger partial charge in [-0.2, -0.15) is 5.10 Å². The Labute approximate surface area is 110 Å². The number of hydrogen-bond donors (Lipinski definition) is 2. The van der Waals surface area contributed by atoms with Gasteiger partial charge in [0.05, 0.1) is 0 Å². The molecule has 0 saturated carbocycles. The zero-order chi connectivity index (χ0) is 13.2. The summed E-state index contributed by atoms with van der Waals surface area (Å²) in [5, 5.41) is 9.88. The number of nitrogens with zero attached hydrogens (tertiary/aromatic N) is 4. The van der Waals surface area contributed by atoms with Gasteiger partial charge < -0.3 is 10.2 Å². The number of rotatable bonds is 3. The van der Waals surface area contributed by atoms with Crippen LogP contribution in [0.5, 0.6) is 0 Å². The zero-order valence-corrected chi connectivity index (χ0v) is 11.0. The van der Waals surface area contributed by atoms with E-state index in [1.165, 1.54) is 30.0 Å². The summed E-state index contributed by atoms with van der Waals surface area (Å²) in [5.74, 6) is 0.832.